The molecule has 1 aromatic heterocycles. The second kappa shape index (κ2) is 9.13. The van der Waals surface area contributed by atoms with E-state index in [0.717, 1.165) is 33.0 Å². The summed E-state index contributed by atoms with van der Waals surface area (Å²) in [5.41, 5.74) is 5.04. The van der Waals surface area contributed by atoms with E-state index >= 15 is 0 Å². The molecule has 5 aromatic carbocycles. The van der Waals surface area contributed by atoms with Crippen LogP contribution in [0.5, 0.6) is 0 Å². The fourth-order valence-electron chi connectivity index (χ4n) is 4.03. The summed E-state index contributed by atoms with van der Waals surface area (Å²) < 4.78 is 40.3. The van der Waals surface area contributed by atoms with E-state index in [1.807, 2.05) is 42.5 Å². The SMILES string of the molecule is [2H]c1c([2H])c([2H])c(-c2nc(Cl)nc(-c3ccc4cc(-c5cccc(-c6ccccc6)c5)ccc4c3)n2)c([2H])c1[2H]. The summed E-state index contributed by atoms with van der Waals surface area (Å²) in [5.74, 6) is 0.157. The Bertz CT molecular complexity index is 1900. The number of nitrogens with zero attached hydrogens (tertiary/aromatic N) is 3. The zero-order valence-electron chi connectivity index (χ0n) is 23.4. The highest BCUT2D eigenvalue weighted by Crippen LogP contribution is 2.30. The molecule has 0 fully saturated rings. The Morgan fingerprint density at radius 2 is 1.06 bits per heavy atom. The maximum absolute atomic E-state index is 8.26. The van der Waals surface area contributed by atoms with Crippen molar-refractivity contribution in [1.29, 1.82) is 0 Å². The molecule has 0 radical (unpaired) electrons. The predicted octanol–water partition coefficient (Wildman–Crippen LogP) is 8.35. The quantitative estimate of drug-likeness (QED) is 0.257. The lowest BCUT2D eigenvalue weighted by Crippen LogP contribution is -1.97. The third-order valence-corrected chi connectivity index (χ3v) is 5.90. The summed E-state index contributed by atoms with van der Waals surface area (Å²) in [4.78, 5) is 12.8. The molecule has 0 spiro atoms. The van der Waals surface area contributed by atoms with E-state index < -0.39 is 30.2 Å². The molecule has 0 atom stereocenters. The van der Waals surface area contributed by atoms with Gasteiger partial charge in [0.25, 0.3) is 0 Å². The van der Waals surface area contributed by atoms with Crippen molar-refractivity contribution in [3.63, 3.8) is 0 Å². The third kappa shape index (κ3) is 4.42. The first-order valence-corrected chi connectivity index (χ1v) is 11.4. The molecule has 0 N–H and O–H groups in total. The van der Waals surface area contributed by atoms with Crippen LogP contribution in [0.4, 0.5) is 0 Å². The molecule has 0 amide bonds. The number of rotatable bonds is 4. The Labute approximate surface area is 215 Å². The molecular weight excluding hydrogens is 450 g/mol. The van der Waals surface area contributed by atoms with Crippen LogP contribution in [-0.4, -0.2) is 15.0 Å². The molecule has 0 aliphatic rings. The average Bonchev–Trinajstić information content (AvgIpc) is 2.99. The zero-order chi connectivity index (χ0) is 28.0. The van der Waals surface area contributed by atoms with Crippen LogP contribution in [-0.2, 0) is 0 Å². The standard InChI is InChI=1S/C31H20ClN3/c32-31-34-29(22-10-5-2-6-11-22)33-30(35-31)28-17-16-26-19-25(14-15-27(26)20-28)24-13-7-12-23(18-24)21-8-3-1-4-9-21/h1-20H/i2D,5D,6D,10D,11D. The zero-order valence-corrected chi connectivity index (χ0v) is 19.1. The van der Waals surface area contributed by atoms with Crippen LogP contribution in [0.3, 0.4) is 0 Å². The minimum absolute atomic E-state index is 0.0826. The number of aromatic nitrogens is 3. The van der Waals surface area contributed by atoms with Crippen LogP contribution in [0.1, 0.15) is 6.85 Å². The minimum atomic E-state index is -0.486. The maximum Gasteiger partial charge on any atom is 0.226 e. The second-order valence-electron chi connectivity index (χ2n) is 7.98. The first-order chi connectivity index (χ1) is 19.3. The monoisotopic (exact) mass is 474 g/mol. The summed E-state index contributed by atoms with van der Waals surface area (Å²) in [6.45, 7) is 0. The average molecular weight is 475 g/mol. The Morgan fingerprint density at radius 1 is 0.486 bits per heavy atom. The molecule has 0 aliphatic heterocycles. The van der Waals surface area contributed by atoms with E-state index in [0.29, 0.717) is 5.56 Å². The molecule has 3 nitrogen and oxygen atoms in total. The lowest BCUT2D eigenvalue weighted by Gasteiger charge is -2.09. The number of hydrogen-bond donors (Lipinski definition) is 0. The molecule has 0 saturated heterocycles. The maximum atomic E-state index is 8.26. The highest BCUT2D eigenvalue weighted by atomic mass is 35.5. The van der Waals surface area contributed by atoms with Crippen molar-refractivity contribution in [2.75, 3.05) is 0 Å². The largest absolute Gasteiger partial charge is 0.226 e. The summed E-state index contributed by atoms with van der Waals surface area (Å²) in [6.07, 6.45) is 0. The molecule has 6 aromatic rings. The molecule has 0 unspecified atom stereocenters. The van der Waals surface area contributed by atoms with Crippen molar-refractivity contribution < 1.29 is 6.85 Å². The number of halogens is 1. The van der Waals surface area contributed by atoms with Crippen molar-refractivity contribution >= 4 is 22.4 Å². The van der Waals surface area contributed by atoms with E-state index in [1.54, 1.807) is 0 Å². The molecule has 0 aliphatic carbocycles. The summed E-state index contributed by atoms with van der Waals surface area (Å²) in [7, 11) is 0. The summed E-state index contributed by atoms with van der Waals surface area (Å²) in [6, 6.07) is 28.4. The van der Waals surface area contributed by atoms with Gasteiger partial charge >= 0.3 is 0 Å². The number of hydrogen-bond acceptors (Lipinski definition) is 3. The summed E-state index contributed by atoms with van der Waals surface area (Å²) >= 11 is 6.21. The van der Waals surface area contributed by atoms with Gasteiger partial charge in [0.15, 0.2) is 11.6 Å². The fraction of sp³-hybridized carbons (Fsp3) is 0. The van der Waals surface area contributed by atoms with Gasteiger partial charge in [-0.25, -0.2) is 4.98 Å². The van der Waals surface area contributed by atoms with E-state index in [9.17, 15) is 0 Å². The third-order valence-electron chi connectivity index (χ3n) is 5.73. The van der Waals surface area contributed by atoms with Crippen LogP contribution in [0.2, 0.25) is 5.28 Å². The molecule has 35 heavy (non-hydrogen) atoms. The molecule has 6 rings (SSSR count). The van der Waals surface area contributed by atoms with Crippen molar-refractivity contribution in [2.24, 2.45) is 0 Å². The molecule has 4 heteroatoms. The van der Waals surface area contributed by atoms with Gasteiger partial charge in [-0.15, -0.1) is 0 Å². The Balaban J connectivity index is 1.39. The van der Waals surface area contributed by atoms with Crippen LogP contribution < -0.4 is 0 Å². The Hall–Kier alpha value is -4.34. The van der Waals surface area contributed by atoms with Gasteiger partial charge in [0.2, 0.25) is 5.28 Å². The van der Waals surface area contributed by atoms with Crippen LogP contribution in [0, 0.1) is 0 Å². The van der Waals surface area contributed by atoms with Gasteiger partial charge in [-0.3, -0.25) is 0 Å². The molecule has 1 heterocycles. The van der Waals surface area contributed by atoms with Gasteiger partial charge < -0.3 is 0 Å². The van der Waals surface area contributed by atoms with E-state index in [2.05, 4.69) is 63.5 Å². The highest BCUT2D eigenvalue weighted by Gasteiger charge is 2.10. The van der Waals surface area contributed by atoms with Crippen molar-refractivity contribution in [3.05, 3.63) is 126 Å². The van der Waals surface area contributed by atoms with E-state index in [4.69, 9.17) is 18.5 Å². The highest BCUT2D eigenvalue weighted by molar-refractivity contribution is 6.28. The first-order valence-electron chi connectivity index (χ1n) is 13.5. The second-order valence-corrected chi connectivity index (χ2v) is 8.31. The van der Waals surface area contributed by atoms with Gasteiger partial charge in [-0.2, -0.15) is 9.97 Å². The molecule has 0 bridgehead atoms. The fourth-order valence-corrected chi connectivity index (χ4v) is 4.19. The number of benzene rings is 5. The normalized spacial score (nSPS) is 13.0. The van der Waals surface area contributed by atoms with Gasteiger partial charge in [0.1, 0.15) is 0 Å². The molecular formula is C31H20ClN3. The Kier molecular flexibility index (Phi) is 4.26. The lowest BCUT2D eigenvalue weighted by atomic mass is 9.97. The summed E-state index contributed by atoms with van der Waals surface area (Å²) in [5, 5.41) is 1.85. The van der Waals surface area contributed by atoms with Crippen LogP contribution in [0.15, 0.2) is 121 Å². The van der Waals surface area contributed by atoms with Gasteiger partial charge in [0, 0.05) is 11.1 Å². The van der Waals surface area contributed by atoms with Crippen molar-refractivity contribution in [3.8, 4) is 45.0 Å². The van der Waals surface area contributed by atoms with Gasteiger partial charge in [-0.05, 0) is 62.8 Å². The molecule has 0 saturated carbocycles. The predicted molar refractivity (Wildman–Crippen MR) is 144 cm³/mol. The smallest absolute Gasteiger partial charge is 0.208 e. The minimum Gasteiger partial charge on any atom is -0.208 e. The van der Waals surface area contributed by atoms with Crippen LogP contribution in [0.25, 0.3) is 55.8 Å². The van der Waals surface area contributed by atoms with Gasteiger partial charge in [-0.1, -0.05) is 103 Å². The topological polar surface area (TPSA) is 38.7 Å². The lowest BCUT2D eigenvalue weighted by molar-refractivity contribution is 1.07. The first kappa shape index (κ1) is 16.3. The molecule has 166 valence electrons. The van der Waals surface area contributed by atoms with Crippen LogP contribution >= 0.6 is 11.6 Å². The van der Waals surface area contributed by atoms with E-state index in [-0.39, 0.29) is 22.5 Å². The van der Waals surface area contributed by atoms with Crippen molar-refractivity contribution in [1.82, 2.24) is 15.0 Å². The Morgan fingerprint density at radius 3 is 1.80 bits per heavy atom. The van der Waals surface area contributed by atoms with Gasteiger partial charge in [0.05, 0.1) is 6.85 Å². The van der Waals surface area contributed by atoms with E-state index in [1.165, 1.54) is 0 Å². The van der Waals surface area contributed by atoms with Crippen molar-refractivity contribution in [2.45, 2.75) is 0 Å². The number of fused-ring (bicyclic) bond motifs is 1.